The van der Waals surface area contributed by atoms with E-state index in [1.807, 2.05) is 11.1 Å². The minimum atomic E-state index is -0.864. The normalized spacial score (nSPS) is 23.0. The molecule has 6 rings (SSSR count). The van der Waals surface area contributed by atoms with Crippen LogP contribution in [-0.4, -0.2) is 95.9 Å². The van der Waals surface area contributed by atoms with Gasteiger partial charge in [-0.3, -0.25) is 4.90 Å². The molecule has 2 aromatic heterocycles. The smallest absolute Gasteiger partial charge is 0.216 e. The zero-order valence-electron chi connectivity index (χ0n) is 22.0. The molecule has 0 spiro atoms. The molecule has 3 saturated heterocycles. The van der Waals surface area contributed by atoms with Gasteiger partial charge in [0.05, 0.1) is 13.2 Å². The highest BCUT2D eigenvalue weighted by atomic mass is 16.7. The number of nitrogens with one attached hydrogen (secondary N) is 1. The van der Waals surface area contributed by atoms with Crippen molar-refractivity contribution in [2.45, 2.75) is 51.2 Å². The van der Waals surface area contributed by atoms with Gasteiger partial charge in [-0.2, -0.15) is 0 Å². The van der Waals surface area contributed by atoms with E-state index in [4.69, 9.17) is 9.47 Å². The molecule has 2 N–H and O–H groups in total. The number of piperidine rings is 1. The Balaban J connectivity index is 1.14. The van der Waals surface area contributed by atoms with Gasteiger partial charge in [0.15, 0.2) is 0 Å². The number of nitrogens with zero attached hydrogens (tertiary/aromatic N) is 4. The van der Waals surface area contributed by atoms with Crippen LogP contribution < -0.4 is 4.90 Å². The molecule has 3 fully saturated rings. The van der Waals surface area contributed by atoms with Crippen LogP contribution in [-0.2, 0) is 9.47 Å². The Morgan fingerprint density at radius 1 is 1.03 bits per heavy atom. The average Bonchev–Trinajstić information content (AvgIpc) is 3.35. The quantitative estimate of drug-likeness (QED) is 0.475. The van der Waals surface area contributed by atoms with Crippen LogP contribution in [0.5, 0.6) is 0 Å². The summed E-state index contributed by atoms with van der Waals surface area (Å²) in [6, 6.07) is 14.1. The summed E-state index contributed by atoms with van der Waals surface area (Å²) < 4.78 is 10.8. The molecule has 0 amide bonds. The predicted molar refractivity (Wildman–Crippen MR) is 146 cm³/mol. The number of aliphatic hydroxyl groups is 1. The molecule has 198 valence electrons. The van der Waals surface area contributed by atoms with E-state index in [0.29, 0.717) is 25.2 Å². The van der Waals surface area contributed by atoms with Crippen LogP contribution in [0.25, 0.3) is 22.3 Å². The molecule has 8 nitrogen and oxygen atoms in total. The summed E-state index contributed by atoms with van der Waals surface area (Å²) in [6.45, 7) is 11.2. The Morgan fingerprint density at radius 3 is 2.51 bits per heavy atom. The second kappa shape index (κ2) is 10.7. The lowest BCUT2D eigenvalue weighted by atomic mass is 9.89. The van der Waals surface area contributed by atoms with E-state index in [0.717, 1.165) is 49.5 Å². The summed E-state index contributed by atoms with van der Waals surface area (Å²) in [4.78, 5) is 15.1. The van der Waals surface area contributed by atoms with Gasteiger partial charge in [-0.25, -0.2) is 4.98 Å². The minimum Gasteiger partial charge on any atom is -0.376 e. The summed E-state index contributed by atoms with van der Waals surface area (Å²) in [5.74, 6) is 0.617. The number of hydrogen-bond donors (Lipinski definition) is 2. The van der Waals surface area contributed by atoms with Crippen molar-refractivity contribution in [1.82, 2.24) is 19.8 Å². The first-order valence-corrected chi connectivity index (χ1v) is 13.8. The number of H-pyrrole nitrogens is 1. The number of anilines is 1. The van der Waals surface area contributed by atoms with Gasteiger partial charge in [0, 0.05) is 61.7 Å². The van der Waals surface area contributed by atoms with Gasteiger partial charge in [-0.1, -0.05) is 24.3 Å². The number of aliphatic hydroxyl groups excluding tert-OH is 1. The molecule has 3 aliphatic rings. The first-order chi connectivity index (χ1) is 18.0. The van der Waals surface area contributed by atoms with Gasteiger partial charge >= 0.3 is 0 Å². The lowest BCUT2D eigenvalue weighted by Crippen LogP contribution is -2.53. The monoisotopic (exact) mass is 505 g/mol. The molecular formula is C29H39N5O3. The van der Waals surface area contributed by atoms with Crippen LogP contribution in [0, 0.1) is 0 Å². The first-order valence-electron chi connectivity index (χ1n) is 13.8. The number of ether oxygens (including phenoxy) is 2. The number of fused-ring (bicyclic) bond motifs is 1. The molecule has 5 heterocycles. The van der Waals surface area contributed by atoms with Gasteiger partial charge in [0.1, 0.15) is 11.8 Å². The van der Waals surface area contributed by atoms with Crippen molar-refractivity contribution < 1.29 is 14.6 Å². The van der Waals surface area contributed by atoms with E-state index in [1.54, 1.807) is 0 Å². The number of aromatic nitrogens is 2. The van der Waals surface area contributed by atoms with Gasteiger partial charge in [0.25, 0.3) is 0 Å². The highest BCUT2D eigenvalue weighted by Gasteiger charge is 2.29. The van der Waals surface area contributed by atoms with E-state index in [1.165, 1.54) is 36.2 Å². The molecule has 37 heavy (non-hydrogen) atoms. The van der Waals surface area contributed by atoms with Crippen molar-refractivity contribution in [3.05, 3.63) is 48.2 Å². The molecule has 8 heteroatoms. The molecule has 0 saturated carbocycles. The number of piperazine rings is 1. The maximum atomic E-state index is 10.4. The standard InChI is InChI=1S/C29H39N5O3/c1-20(2)34-11-3-4-23(17-34)21-5-7-22(8-6-21)26-16-25-27(9-10-30-28(25)31-26)32-12-14-33(15-13-32)29(35)37-24-18-36-19-24/h5-10,16,20,23-24,29,35H,3-4,11-15,17-19H2,1-2H3,(H,30,31)/t23-,29?/m1/s1. The Kier molecular flexibility index (Phi) is 7.18. The molecule has 1 unspecified atom stereocenters. The Morgan fingerprint density at radius 2 is 1.81 bits per heavy atom. The van der Waals surface area contributed by atoms with Crippen molar-refractivity contribution in [2.24, 2.45) is 0 Å². The number of hydrogen-bond acceptors (Lipinski definition) is 7. The van der Waals surface area contributed by atoms with Crippen LogP contribution in [0.15, 0.2) is 42.6 Å². The van der Waals surface area contributed by atoms with E-state index >= 15 is 0 Å². The third-order valence-electron chi connectivity index (χ3n) is 8.27. The van der Waals surface area contributed by atoms with Crippen LogP contribution in [0.1, 0.15) is 38.2 Å². The number of rotatable bonds is 7. The fourth-order valence-electron chi connectivity index (χ4n) is 5.86. The SMILES string of the molecule is CC(C)N1CCC[C@@H](c2ccc(-c3cc4c(N5CCN(C(O)OC6COC6)CC5)ccnc4[nH]3)cc2)C1. The highest BCUT2D eigenvalue weighted by Crippen LogP contribution is 2.33. The maximum absolute atomic E-state index is 10.4. The molecule has 0 radical (unpaired) electrons. The highest BCUT2D eigenvalue weighted by molar-refractivity contribution is 5.93. The molecule has 3 aromatic rings. The topological polar surface area (TPSA) is 77.1 Å². The molecule has 3 aliphatic heterocycles. The third kappa shape index (κ3) is 5.26. The Labute approximate surface area is 219 Å². The lowest BCUT2D eigenvalue weighted by Gasteiger charge is -2.39. The summed E-state index contributed by atoms with van der Waals surface area (Å²) in [7, 11) is 0. The zero-order valence-corrected chi connectivity index (χ0v) is 22.0. The summed E-state index contributed by atoms with van der Waals surface area (Å²) in [6.07, 6.45) is 3.57. The molecular weight excluding hydrogens is 466 g/mol. The van der Waals surface area contributed by atoms with E-state index in [2.05, 4.69) is 70.0 Å². The fraction of sp³-hybridized carbons (Fsp3) is 0.552. The van der Waals surface area contributed by atoms with Crippen LogP contribution >= 0.6 is 0 Å². The maximum Gasteiger partial charge on any atom is 0.216 e. The second-order valence-electron chi connectivity index (χ2n) is 11.0. The van der Waals surface area contributed by atoms with Crippen LogP contribution in [0.2, 0.25) is 0 Å². The van der Waals surface area contributed by atoms with Crippen LogP contribution in [0.3, 0.4) is 0 Å². The number of aromatic amines is 1. The predicted octanol–water partition coefficient (Wildman–Crippen LogP) is 3.63. The fourth-order valence-corrected chi connectivity index (χ4v) is 5.86. The first kappa shape index (κ1) is 24.8. The van der Waals surface area contributed by atoms with Crippen molar-refractivity contribution in [3.63, 3.8) is 0 Å². The Bertz CT molecular complexity index is 1180. The van der Waals surface area contributed by atoms with Gasteiger partial charge in [0.2, 0.25) is 6.41 Å². The molecule has 1 aromatic carbocycles. The van der Waals surface area contributed by atoms with Gasteiger partial charge in [-0.05, 0) is 62.4 Å². The molecule has 0 aliphatic carbocycles. The molecule has 0 bridgehead atoms. The minimum absolute atomic E-state index is 0.0117. The summed E-state index contributed by atoms with van der Waals surface area (Å²) in [5, 5.41) is 11.6. The third-order valence-corrected chi connectivity index (χ3v) is 8.27. The van der Waals surface area contributed by atoms with E-state index in [-0.39, 0.29) is 6.10 Å². The van der Waals surface area contributed by atoms with Crippen molar-refractivity contribution in [1.29, 1.82) is 0 Å². The average molecular weight is 506 g/mol. The van der Waals surface area contributed by atoms with E-state index < -0.39 is 6.41 Å². The molecule has 2 atom stereocenters. The second-order valence-corrected chi connectivity index (χ2v) is 11.0. The number of likely N-dealkylation sites (tertiary alicyclic amines) is 1. The number of pyridine rings is 1. The van der Waals surface area contributed by atoms with Crippen molar-refractivity contribution >= 4 is 16.7 Å². The van der Waals surface area contributed by atoms with Gasteiger partial charge < -0.3 is 29.4 Å². The van der Waals surface area contributed by atoms with Gasteiger partial charge in [-0.15, -0.1) is 0 Å². The zero-order chi connectivity index (χ0) is 25.4. The van der Waals surface area contributed by atoms with Crippen molar-refractivity contribution in [3.8, 4) is 11.3 Å². The largest absolute Gasteiger partial charge is 0.376 e. The van der Waals surface area contributed by atoms with Crippen LogP contribution in [0.4, 0.5) is 5.69 Å². The summed E-state index contributed by atoms with van der Waals surface area (Å²) >= 11 is 0. The lowest BCUT2D eigenvalue weighted by molar-refractivity contribution is -0.262. The number of benzene rings is 1. The van der Waals surface area contributed by atoms with E-state index in [9.17, 15) is 5.11 Å². The summed E-state index contributed by atoms with van der Waals surface area (Å²) in [5.41, 5.74) is 5.82. The Hall–Kier alpha value is -2.49. The van der Waals surface area contributed by atoms with Crippen molar-refractivity contribution in [2.75, 3.05) is 57.4 Å².